The summed E-state index contributed by atoms with van der Waals surface area (Å²) in [6.45, 7) is 4.57. The predicted octanol–water partition coefficient (Wildman–Crippen LogP) is 2.73. The second-order valence-corrected chi connectivity index (χ2v) is 8.21. The molecular formula is C20H27ClN4O. The first-order valence-corrected chi connectivity index (χ1v) is 9.84. The molecule has 0 aliphatic carbocycles. The van der Waals surface area contributed by atoms with E-state index in [0.29, 0.717) is 19.0 Å². The number of rotatable bonds is 4. The topological polar surface area (TPSA) is 42.6 Å². The number of hydrogen-bond donors (Lipinski definition) is 1. The molecule has 1 saturated heterocycles. The maximum Gasteiger partial charge on any atom is 0.224 e. The lowest BCUT2D eigenvalue weighted by atomic mass is 10.0. The molecule has 1 fully saturated rings. The lowest BCUT2D eigenvalue weighted by Gasteiger charge is -2.29. The van der Waals surface area contributed by atoms with Gasteiger partial charge in [-0.2, -0.15) is 0 Å². The number of aromatic amines is 1. The minimum Gasteiger partial charge on any atom is -0.358 e. The molecule has 3 heterocycles. The second-order valence-electron chi connectivity index (χ2n) is 7.77. The average Bonchev–Trinajstić information content (AvgIpc) is 3.22. The van der Waals surface area contributed by atoms with Gasteiger partial charge < -0.3 is 19.7 Å². The molecule has 0 saturated carbocycles. The molecule has 6 heteroatoms. The predicted molar refractivity (Wildman–Crippen MR) is 106 cm³/mol. The number of hydrogen-bond acceptors (Lipinski definition) is 3. The average molecular weight is 375 g/mol. The minimum absolute atomic E-state index is 0.255. The van der Waals surface area contributed by atoms with Gasteiger partial charge in [-0.05, 0) is 45.3 Å². The number of amides is 1. The molecule has 0 radical (unpaired) electrons. The van der Waals surface area contributed by atoms with Crippen molar-refractivity contribution in [2.75, 3.05) is 40.3 Å². The first kappa shape index (κ1) is 17.8. The molecule has 1 amide bonds. The van der Waals surface area contributed by atoms with Crippen LogP contribution in [0.3, 0.4) is 0 Å². The maximum atomic E-state index is 12.8. The monoisotopic (exact) mass is 374 g/mol. The van der Waals surface area contributed by atoms with Gasteiger partial charge in [0.1, 0.15) is 0 Å². The smallest absolute Gasteiger partial charge is 0.224 e. The quantitative estimate of drug-likeness (QED) is 0.894. The molecule has 2 aliphatic rings. The SMILES string of the molecule is CN1CCC(N(C)CCC(=O)N2CCc3[nH]c4ccc(Cl)cc4c3C2)C1. The van der Waals surface area contributed by atoms with E-state index in [1.54, 1.807) is 0 Å². The highest BCUT2D eigenvalue weighted by molar-refractivity contribution is 6.31. The van der Waals surface area contributed by atoms with Gasteiger partial charge in [0.2, 0.25) is 5.91 Å². The van der Waals surface area contributed by atoms with Crippen LogP contribution in [0.1, 0.15) is 24.1 Å². The van der Waals surface area contributed by atoms with E-state index in [0.717, 1.165) is 48.5 Å². The van der Waals surface area contributed by atoms with Crippen LogP contribution in [0.4, 0.5) is 0 Å². The Labute approximate surface area is 159 Å². The van der Waals surface area contributed by atoms with Crippen LogP contribution >= 0.6 is 11.6 Å². The van der Waals surface area contributed by atoms with Crippen molar-refractivity contribution >= 4 is 28.4 Å². The fourth-order valence-electron chi connectivity index (χ4n) is 4.28. The van der Waals surface area contributed by atoms with Crippen LogP contribution in [0.25, 0.3) is 10.9 Å². The van der Waals surface area contributed by atoms with Gasteiger partial charge in [0.05, 0.1) is 0 Å². The van der Waals surface area contributed by atoms with Gasteiger partial charge in [-0.1, -0.05) is 11.6 Å². The molecule has 1 unspecified atom stereocenters. The third kappa shape index (κ3) is 3.48. The largest absolute Gasteiger partial charge is 0.358 e. The fraction of sp³-hybridized carbons (Fsp3) is 0.550. The van der Waals surface area contributed by atoms with Gasteiger partial charge in [-0.3, -0.25) is 4.79 Å². The Morgan fingerprint density at radius 2 is 2.23 bits per heavy atom. The Hall–Kier alpha value is -1.56. The van der Waals surface area contributed by atoms with E-state index in [4.69, 9.17) is 11.6 Å². The van der Waals surface area contributed by atoms with Crippen molar-refractivity contribution in [3.05, 3.63) is 34.5 Å². The molecule has 4 rings (SSSR count). The van der Waals surface area contributed by atoms with Crippen LogP contribution in [-0.2, 0) is 17.8 Å². The van der Waals surface area contributed by atoms with E-state index in [2.05, 4.69) is 28.9 Å². The van der Waals surface area contributed by atoms with E-state index in [1.807, 2.05) is 23.1 Å². The summed E-state index contributed by atoms with van der Waals surface area (Å²) in [4.78, 5) is 23.0. The summed E-state index contributed by atoms with van der Waals surface area (Å²) in [5, 5.41) is 1.89. The summed E-state index contributed by atoms with van der Waals surface area (Å²) < 4.78 is 0. The van der Waals surface area contributed by atoms with Crippen LogP contribution < -0.4 is 0 Å². The normalized spacial score (nSPS) is 20.9. The fourth-order valence-corrected chi connectivity index (χ4v) is 4.46. The molecule has 2 aliphatic heterocycles. The Bertz CT molecular complexity index is 817. The molecule has 26 heavy (non-hydrogen) atoms. The number of H-pyrrole nitrogens is 1. The van der Waals surface area contributed by atoms with Crippen molar-refractivity contribution in [1.29, 1.82) is 0 Å². The summed E-state index contributed by atoms with van der Waals surface area (Å²) >= 11 is 6.17. The van der Waals surface area contributed by atoms with Gasteiger partial charge in [-0.25, -0.2) is 0 Å². The summed E-state index contributed by atoms with van der Waals surface area (Å²) in [5.74, 6) is 0.255. The Morgan fingerprint density at radius 3 is 3.00 bits per heavy atom. The first-order valence-electron chi connectivity index (χ1n) is 9.47. The third-order valence-corrected chi connectivity index (χ3v) is 6.19. The number of halogens is 1. The molecule has 0 bridgehead atoms. The second kappa shape index (κ2) is 7.22. The molecule has 2 aromatic rings. The highest BCUT2D eigenvalue weighted by atomic mass is 35.5. The highest BCUT2D eigenvalue weighted by Gasteiger charge is 2.26. The zero-order valence-electron chi connectivity index (χ0n) is 15.6. The van der Waals surface area contributed by atoms with Crippen LogP contribution in [0.2, 0.25) is 5.02 Å². The van der Waals surface area contributed by atoms with Crippen LogP contribution in [-0.4, -0.2) is 71.9 Å². The van der Waals surface area contributed by atoms with Gasteiger partial charge in [0, 0.05) is 72.2 Å². The van der Waals surface area contributed by atoms with Gasteiger partial charge in [-0.15, -0.1) is 0 Å². The zero-order valence-corrected chi connectivity index (χ0v) is 16.4. The summed E-state index contributed by atoms with van der Waals surface area (Å²) in [7, 11) is 4.31. The van der Waals surface area contributed by atoms with Crippen LogP contribution in [0.5, 0.6) is 0 Å². The number of benzene rings is 1. The maximum absolute atomic E-state index is 12.8. The van der Waals surface area contributed by atoms with Crippen molar-refractivity contribution < 1.29 is 4.79 Å². The minimum atomic E-state index is 0.255. The van der Waals surface area contributed by atoms with E-state index in [9.17, 15) is 4.79 Å². The molecule has 0 spiro atoms. The summed E-state index contributed by atoms with van der Waals surface area (Å²) in [6, 6.07) is 6.52. The number of nitrogens with zero attached hydrogens (tertiary/aromatic N) is 3. The lowest BCUT2D eigenvalue weighted by molar-refractivity contribution is -0.132. The van der Waals surface area contributed by atoms with Crippen molar-refractivity contribution in [2.24, 2.45) is 0 Å². The van der Waals surface area contributed by atoms with E-state index >= 15 is 0 Å². The summed E-state index contributed by atoms with van der Waals surface area (Å²) in [5.41, 5.74) is 3.59. The highest BCUT2D eigenvalue weighted by Crippen LogP contribution is 2.30. The van der Waals surface area contributed by atoms with E-state index in [-0.39, 0.29) is 5.91 Å². The Morgan fingerprint density at radius 1 is 1.38 bits per heavy atom. The van der Waals surface area contributed by atoms with Crippen molar-refractivity contribution in [2.45, 2.75) is 31.8 Å². The Kier molecular flexibility index (Phi) is 4.95. The van der Waals surface area contributed by atoms with Gasteiger partial charge in [0.15, 0.2) is 0 Å². The number of likely N-dealkylation sites (N-methyl/N-ethyl adjacent to an activating group) is 2. The van der Waals surface area contributed by atoms with Crippen molar-refractivity contribution in [1.82, 2.24) is 19.7 Å². The molecule has 1 atom stereocenters. The molecular weight excluding hydrogens is 348 g/mol. The van der Waals surface area contributed by atoms with Crippen LogP contribution in [0.15, 0.2) is 18.2 Å². The summed E-state index contributed by atoms with van der Waals surface area (Å²) in [6.07, 6.45) is 2.68. The molecule has 5 nitrogen and oxygen atoms in total. The number of likely N-dealkylation sites (tertiary alicyclic amines) is 1. The zero-order chi connectivity index (χ0) is 18.3. The van der Waals surface area contributed by atoms with Crippen molar-refractivity contribution in [3.8, 4) is 0 Å². The number of fused-ring (bicyclic) bond motifs is 3. The molecule has 1 aromatic heterocycles. The first-order chi connectivity index (χ1) is 12.5. The molecule has 1 aromatic carbocycles. The number of carbonyl (C=O) groups is 1. The van der Waals surface area contributed by atoms with Crippen molar-refractivity contribution in [3.63, 3.8) is 0 Å². The lowest BCUT2D eigenvalue weighted by Crippen LogP contribution is -2.40. The molecule has 1 N–H and O–H groups in total. The van der Waals surface area contributed by atoms with Gasteiger partial charge >= 0.3 is 0 Å². The number of nitrogens with one attached hydrogen (secondary N) is 1. The molecule has 140 valence electrons. The van der Waals surface area contributed by atoms with E-state index in [1.165, 1.54) is 17.7 Å². The number of carbonyl (C=O) groups excluding carboxylic acids is 1. The van der Waals surface area contributed by atoms with Gasteiger partial charge in [0.25, 0.3) is 0 Å². The number of aromatic nitrogens is 1. The Balaban J connectivity index is 1.39. The third-order valence-electron chi connectivity index (χ3n) is 5.96. The standard InChI is InChI=1S/C20H27ClN4O/c1-23-8-5-15(12-23)24(2)9-7-20(26)25-10-6-19-17(13-25)16-11-14(21)3-4-18(16)22-19/h3-4,11,15,22H,5-10,12-13H2,1-2H3. The van der Waals surface area contributed by atoms with Crippen LogP contribution in [0, 0.1) is 0 Å². The van der Waals surface area contributed by atoms with E-state index < -0.39 is 0 Å².